The number of nitrogens with one attached hydrogen (secondary N) is 1. The summed E-state index contributed by atoms with van der Waals surface area (Å²) in [6, 6.07) is 0.458. The third-order valence-corrected chi connectivity index (χ3v) is 2.52. The van der Waals surface area contributed by atoms with E-state index in [-0.39, 0.29) is 12.0 Å². The first-order valence-corrected chi connectivity index (χ1v) is 5.20. The van der Waals surface area contributed by atoms with Crippen molar-refractivity contribution in [1.82, 2.24) is 5.32 Å². The minimum atomic E-state index is -0.100. The molecule has 0 aromatic carbocycles. The molecule has 1 aliphatic rings. The molecule has 1 atom stereocenters. The number of esters is 1. The number of ether oxygens (including phenoxy) is 1. The second-order valence-corrected chi connectivity index (χ2v) is 3.51. The van der Waals surface area contributed by atoms with E-state index >= 15 is 0 Å². The molecule has 1 N–H and O–H groups in total. The van der Waals surface area contributed by atoms with Gasteiger partial charge < -0.3 is 10.1 Å². The van der Waals surface area contributed by atoms with E-state index in [1.807, 2.05) is 13.8 Å². The summed E-state index contributed by atoms with van der Waals surface area (Å²) < 4.78 is 4.96. The molecule has 3 heteroatoms. The van der Waals surface area contributed by atoms with Gasteiger partial charge in [0.2, 0.25) is 0 Å². The quantitative estimate of drug-likeness (QED) is 0.659. The van der Waals surface area contributed by atoms with E-state index in [4.69, 9.17) is 4.74 Å². The topological polar surface area (TPSA) is 38.3 Å². The maximum absolute atomic E-state index is 11.4. The zero-order valence-electron chi connectivity index (χ0n) is 8.51. The summed E-state index contributed by atoms with van der Waals surface area (Å²) in [5, 5.41) is 3.31. The van der Waals surface area contributed by atoms with Crippen molar-refractivity contribution in [3.8, 4) is 0 Å². The first-order chi connectivity index (χ1) is 6.27. The van der Waals surface area contributed by atoms with Crippen molar-refractivity contribution >= 4 is 5.97 Å². The van der Waals surface area contributed by atoms with Crippen molar-refractivity contribution < 1.29 is 9.53 Å². The fourth-order valence-corrected chi connectivity index (χ4v) is 1.45. The third kappa shape index (κ3) is 2.99. The van der Waals surface area contributed by atoms with Crippen LogP contribution in [0.25, 0.3) is 0 Å². The van der Waals surface area contributed by atoms with E-state index in [1.165, 1.54) is 19.3 Å². The van der Waals surface area contributed by atoms with E-state index in [0.717, 1.165) is 6.42 Å². The van der Waals surface area contributed by atoms with Gasteiger partial charge in [-0.1, -0.05) is 13.3 Å². The molecule has 0 spiro atoms. The van der Waals surface area contributed by atoms with Crippen LogP contribution in [-0.4, -0.2) is 24.7 Å². The maximum Gasteiger partial charge on any atom is 0.323 e. The Morgan fingerprint density at radius 3 is 2.62 bits per heavy atom. The van der Waals surface area contributed by atoms with Gasteiger partial charge in [0, 0.05) is 6.04 Å². The summed E-state index contributed by atoms with van der Waals surface area (Å²) in [6.07, 6.45) is 4.51. The van der Waals surface area contributed by atoms with Gasteiger partial charge >= 0.3 is 5.97 Å². The van der Waals surface area contributed by atoms with Crippen LogP contribution < -0.4 is 5.32 Å². The van der Waals surface area contributed by atoms with Crippen LogP contribution in [0.2, 0.25) is 0 Å². The van der Waals surface area contributed by atoms with Crippen LogP contribution in [-0.2, 0) is 9.53 Å². The molecule has 0 radical (unpaired) electrons. The summed E-state index contributed by atoms with van der Waals surface area (Å²) in [5.74, 6) is -0.100. The SMILES string of the molecule is CCOC(=O)C(CC)NC1CCC1. The molecule has 76 valence electrons. The molecule has 0 saturated heterocycles. The molecule has 0 heterocycles. The van der Waals surface area contributed by atoms with Crippen molar-refractivity contribution in [2.45, 2.75) is 51.6 Å². The summed E-state index contributed by atoms with van der Waals surface area (Å²) in [6.45, 7) is 4.32. The van der Waals surface area contributed by atoms with Crippen LogP contribution in [0.1, 0.15) is 39.5 Å². The van der Waals surface area contributed by atoms with Gasteiger partial charge in [0.1, 0.15) is 6.04 Å². The van der Waals surface area contributed by atoms with Crippen molar-refractivity contribution in [3.05, 3.63) is 0 Å². The molecule has 3 nitrogen and oxygen atoms in total. The van der Waals surface area contributed by atoms with Crippen LogP contribution in [0, 0.1) is 0 Å². The van der Waals surface area contributed by atoms with Crippen molar-refractivity contribution in [1.29, 1.82) is 0 Å². The Morgan fingerprint density at radius 2 is 2.23 bits per heavy atom. The molecule has 1 aliphatic carbocycles. The molecular formula is C10H19NO2. The Labute approximate surface area is 79.8 Å². The lowest BCUT2D eigenvalue weighted by atomic mass is 9.92. The van der Waals surface area contributed by atoms with Crippen molar-refractivity contribution in [2.75, 3.05) is 6.61 Å². The normalized spacial score (nSPS) is 19.2. The van der Waals surface area contributed by atoms with Crippen LogP contribution >= 0.6 is 0 Å². The molecule has 0 amide bonds. The highest BCUT2D eigenvalue weighted by molar-refractivity contribution is 5.75. The first kappa shape index (κ1) is 10.5. The molecule has 0 aliphatic heterocycles. The molecule has 1 unspecified atom stereocenters. The van der Waals surface area contributed by atoms with E-state index in [1.54, 1.807) is 0 Å². The smallest absolute Gasteiger partial charge is 0.323 e. The molecular weight excluding hydrogens is 166 g/mol. The lowest BCUT2D eigenvalue weighted by Crippen LogP contribution is -2.46. The maximum atomic E-state index is 11.4. The summed E-state index contributed by atoms with van der Waals surface area (Å²) in [5.41, 5.74) is 0. The summed E-state index contributed by atoms with van der Waals surface area (Å²) in [7, 11) is 0. The number of hydrogen-bond donors (Lipinski definition) is 1. The third-order valence-electron chi connectivity index (χ3n) is 2.52. The van der Waals surface area contributed by atoms with E-state index in [0.29, 0.717) is 12.6 Å². The van der Waals surface area contributed by atoms with E-state index in [2.05, 4.69) is 5.32 Å². The lowest BCUT2D eigenvalue weighted by molar-refractivity contribution is -0.146. The zero-order valence-corrected chi connectivity index (χ0v) is 8.51. The number of carbonyl (C=O) groups excluding carboxylic acids is 1. The van der Waals surface area contributed by atoms with Gasteiger partial charge in [0.15, 0.2) is 0 Å². The zero-order chi connectivity index (χ0) is 9.68. The van der Waals surface area contributed by atoms with Gasteiger partial charge in [-0.3, -0.25) is 4.79 Å². The van der Waals surface area contributed by atoms with E-state index in [9.17, 15) is 4.79 Å². The summed E-state index contributed by atoms with van der Waals surface area (Å²) >= 11 is 0. The van der Waals surface area contributed by atoms with Crippen molar-refractivity contribution in [2.24, 2.45) is 0 Å². The highest BCUT2D eigenvalue weighted by Crippen LogP contribution is 2.19. The second-order valence-electron chi connectivity index (χ2n) is 3.51. The van der Waals surface area contributed by atoms with Crippen LogP contribution in [0.15, 0.2) is 0 Å². The molecule has 13 heavy (non-hydrogen) atoms. The standard InChI is InChI=1S/C10H19NO2/c1-3-9(10(12)13-4-2)11-8-6-5-7-8/h8-9,11H,3-7H2,1-2H3. The number of rotatable bonds is 5. The average Bonchev–Trinajstić information content (AvgIpc) is 2.03. The van der Waals surface area contributed by atoms with Crippen LogP contribution in [0.3, 0.4) is 0 Å². The molecule has 0 bridgehead atoms. The largest absolute Gasteiger partial charge is 0.465 e. The van der Waals surface area contributed by atoms with Gasteiger partial charge in [-0.25, -0.2) is 0 Å². The highest BCUT2D eigenvalue weighted by atomic mass is 16.5. The van der Waals surface area contributed by atoms with Gasteiger partial charge in [-0.15, -0.1) is 0 Å². The predicted octanol–water partition coefficient (Wildman–Crippen LogP) is 1.47. The lowest BCUT2D eigenvalue weighted by Gasteiger charge is -2.30. The monoisotopic (exact) mass is 185 g/mol. The molecule has 1 fully saturated rings. The minimum Gasteiger partial charge on any atom is -0.465 e. The minimum absolute atomic E-state index is 0.0924. The Bertz CT molecular complexity index is 166. The Balaban J connectivity index is 2.27. The number of carbonyl (C=O) groups is 1. The van der Waals surface area contributed by atoms with Gasteiger partial charge in [-0.2, -0.15) is 0 Å². The Morgan fingerprint density at radius 1 is 1.54 bits per heavy atom. The van der Waals surface area contributed by atoms with Crippen LogP contribution in [0.4, 0.5) is 0 Å². The fourth-order valence-electron chi connectivity index (χ4n) is 1.45. The first-order valence-electron chi connectivity index (χ1n) is 5.20. The Hall–Kier alpha value is -0.570. The predicted molar refractivity (Wildman–Crippen MR) is 51.5 cm³/mol. The van der Waals surface area contributed by atoms with E-state index < -0.39 is 0 Å². The van der Waals surface area contributed by atoms with Gasteiger partial charge in [0.05, 0.1) is 6.61 Å². The summed E-state index contributed by atoms with van der Waals surface area (Å²) in [4.78, 5) is 11.4. The van der Waals surface area contributed by atoms with Gasteiger partial charge in [0.25, 0.3) is 0 Å². The second kappa shape index (κ2) is 5.22. The van der Waals surface area contributed by atoms with Gasteiger partial charge in [-0.05, 0) is 26.2 Å². The average molecular weight is 185 g/mol. The molecule has 0 aromatic heterocycles. The fraction of sp³-hybridized carbons (Fsp3) is 0.900. The molecule has 1 saturated carbocycles. The number of hydrogen-bond acceptors (Lipinski definition) is 3. The van der Waals surface area contributed by atoms with Crippen LogP contribution in [0.5, 0.6) is 0 Å². The highest BCUT2D eigenvalue weighted by Gasteiger charge is 2.24. The molecule has 1 rings (SSSR count). The Kier molecular flexibility index (Phi) is 4.22. The molecule has 0 aromatic rings. The van der Waals surface area contributed by atoms with Crippen molar-refractivity contribution in [3.63, 3.8) is 0 Å².